The number of hydrogen-bond donors (Lipinski definition) is 2. The molecule has 1 aliphatic rings. The van der Waals surface area contributed by atoms with Crippen molar-refractivity contribution in [2.24, 2.45) is 5.92 Å². The van der Waals surface area contributed by atoms with Gasteiger partial charge in [-0.2, -0.15) is 0 Å². The standard InChI is InChI=1S/C33H41NO4.ClH/c1-4-38-31(36)32(2,3)26-17-15-25(16-18-26)30(35)21-24-34-22-19-29(20-23-34)33(37,27-11-7-5-8-12-27)28-13-9-6-10-14-28;/h5-18,29-30,35,37H,4,19-24H2,1-3H3;1H. The summed E-state index contributed by atoms with van der Waals surface area (Å²) in [5, 5.41) is 22.9. The molecule has 0 aliphatic carbocycles. The van der Waals surface area contributed by atoms with Crippen molar-refractivity contribution in [2.75, 3.05) is 26.2 Å². The summed E-state index contributed by atoms with van der Waals surface area (Å²) in [6.45, 7) is 8.43. The Bertz CT molecular complexity index is 1120. The molecule has 3 aromatic rings. The molecule has 3 aromatic carbocycles. The van der Waals surface area contributed by atoms with Crippen molar-refractivity contribution in [1.29, 1.82) is 0 Å². The molecule has 0 amide bonds. The summed E-state index contributed by atoms with van der Waals surface area (Å²) in [4.78, 5) is 14.7. The van der Waals surface area contributed by atoms with Crippen LogP contribution < -0.4 is 0 Å². The Labute approximate surface area is 239 Å². The van der Waals surface area contributed by atoms with E-state index < -0.39 is 17.1 Å². The van der Waals surface area contributed by atoms with Gasteiger partial charge >= 0.3 is 5.97 Å². The van der Waals surface area contributed by atoms with Gasteiger partial charge in [0, 0.05) is 6.54 Å². The maximum Gasteiger partial charge on any atom is 0.315 e. The van der Waals surface area contributed by atoms with Crippen LogP contribution in [0.25, 0.3) is 0 Å². The highest BCUT2D eigenvalue weighted by Crippen LogP contribution is 2.42. The van der Waals surface area contributed by atoms with Crippen LogP contribution in [0.1, 0.15) is 68.4 Å². The highest BCUT2D eigenvalue weighted by atomic mass is 35.5. The molecule has 0 saturated carbocycles. The molecule has 0 radical (unpaired) electrons. The first kappa shape index (κ1) is 30.8. The van der Waals surface area contributed by atoms with Crippen LogP contribution in [0.5, 0.6) is 0 Å². The zero-order chi connectivity index (χ0) is 27.2. The van der Waals surface area contributed by atoms with E-state index in [0.717, 1.165) is 54.7 Å². The molecule has 1 saturated heterocycles. The Kier molecular flexibility index (Phi) is 10.7. The second-order valence-electron chi connectivity index (χ2n) is 10.9. The zero-order valence-corrected chi connectivity index (χ0v) is 24.1. The zero-order valence-electron chi connectivity index (χ0n) is 23.3. The van der Waals surface area contributed by atoms with Crippen LogP contribution in [-0.2, 0) is 20.5 Å². The molecule has 5 nitrogen and oxygen atoms in total. The Morgan fingerprint density at radius 3 is 1.90 bits per heavy atom. The predicted octanol–water partition coefficient (Wildman–Crippen LogP) is 6.02. The van der Waals surface area contributed by atoms with Crippen LogP contribution in [0.2, 0.25) is 0 Å². The molecule has 1 heterocycles. The number of carbonyl (C=O) groups is 1. The maximum atomic E-state index is 12.3. The summed E-state index contributed by atoms with van der Waals surface area (Å²) in [5.74, 6) is -0.133. The minimum Gasteiger partial charge on any atom is -0.465 e. The first-order valence-electron chi connectivity index (χ1n) is 13.8. The fraction of sp³-hybridized carbons (Fsp3) is 0.424. The van der Waals surface area contributed by atoms with Gasteiger partial charge in [-0.15, -0.1) is 12.4 Å². The number of nitrogens with zero attached hydrogens (tertiary/aromatic N) is 1. The minimum absolute atomic E-state index is 0. The molecule has 39 heavy (non-hydrogen) atoms. The lowest BCUT2D eigenvalue weighted by Gasteiger charge is -2.42. The van der Waals surface area contributed by atoms with E-state index >= 15 is 0 Å². The third kappa shape index (κ3) is 6.90. The van der Waals surface area contributed by atoms with E-state index in [1.165, 1.54) is 0 Å². The molecule has 0 aromatic heterocycles. The van der Waals surface area contributed by atoms with Gasteiger partial charge in [-0.05, 0) is 81.3 Å². The second-order valence-corrected chi connectivity index (χ2v) is 10.9. The number of carbonyl (C=O) groups excluding carboxylic acids is 1. The van der Waals surface area contributed by atoms with Gasteiger partial charge in [-0.25, -0.2) is 0 Å². The van der Waals surface area contributed by atoms with Crippen LogP contribution >= 0.6 is 12.4 Å². The number of ether oxygens (including phenoxy) is 1. The molecular weight excluding hydrogens is 510 g/mol. The van der Waals surface area contributed by atoms with Gasteiger partial charge in [-0.3, -0.25) is 4.79 Å². The second kappa shape index (κ2) is 13.6. The van der Waals surface area contributed by atoms with Gasteiger partial charge in [0.2, 0.25) is 0 Å². The smallest absolute Gasteiger partial charge is 0.315 e. The van der Waals surface area contributed by atoms with E-state index in [9.17, 15) is 15.0 Å². The first-order chi connectivity index (χ1) is 18.3. The van der Waals surface area contributed by atoms with E-state index in [-0.39, 0.29) is 24.3 Å². The summed E-state index contributed by atoms with van der Waals surface area (Å²) < 4.78 is 5.21. The van der Waals surface area contributed by atoms with E-state index in [1.807, 2.05) is 106 Å². The average Bonchev–Trinajstić information content (AvgIpc) is 2.97. The number of piperidine rings is 1. The fourth-order valence-corrected chi connectivity index (χ4v) is 5.62. The molecule has 0 bridgehead atoms. The van der Waals surface area contributed by atoms with Crippen molar-refractivity contribution in [1.82, 2.24) is 4.90 Å². The van der Waals surface area contributed by atoms with E-state index in [4.69, 9.17) is 4.74 Å². The minimum atomic E-state index is -1.02. The number of likely N-dealkylation sites (tertiary alicyclic amines) is 1. The van der Waals surface area contributed by atoms with Gasteiger partial charge in [0.15, 0.2) is 0 Å². The van der Waals surface area contributed by atoms with E-state index in [2.05, 4.69) is 4.90 Å². The van der Waals surface area contributed by atoms with Crippen LogP contribution in [0, 0.1) is 5.92 Å². The molecule has 1 aliphatic heterocycles. The fourth-order valence-electron chi connectivity index (χ4n) is 5.62. The average molecular weight is 552 g/mol. The normalized spacial score (nSPS) is 15.8. The summed E-state index contributed by atoms with van der Waals surface area (Å²) in [6, 6.07) is 27.7. The Hall–Kier alpha value is -2.70. The maximum absolute atomic E-state index is 12.3. The van der Waals surface area contributed by atoms with Gasteiger partial charge in [0.05, 0.1) is 18.1 Å². The first-order valence-corrected chi connectivity index (χ1v) is 13.8. The quantitative estimate of drug-likeness (QED) is 0.301. The number of benzene rings is 3. The van der Waals surface area contributed by atoms with Crippen molar-refractivity contribution in [3.8, 4) is 0 Å². The van der Waals surface area contributed by atoms with Crippen molar-refractivity contribution in [3.63, 3.8) is 0 Å². The van der Waals surface area contributed by atoms with Gasteiger partial charge in [0.25, 0.3) is 0 Å². The molecule has 210 valence electrons. The van der Waals surface area contributed by atoms with Gasteiger partial charge in [-0.1, -0.05) is 84.9 Å². The van der Waals surface area contributed by atoms with Gasteiger partial charge in [0.1, 0.15) is 5.60 Å². The molecule has 4 rings (SSSR count). The summed E-state index contributed by atoms with van der Waals surface area (Å²) in [7, 11) is 0. The molecule has 1 fully saturated rings. The third-order valence-corrected chi connectivity index (χ3v) is 8.13. The highest BCUT2D eigenvalue weighted by molar-refractivity contribution is 5.85. The highest BCUT2D eigenvalue weighted by Gasteiger charge is 2.41. The predicted molar refractivity (Wildman–Crippen MR) is 158 cm³/mol. The Morgan fingerprint density at radius 2 is 1.41 bits per heavy atom. The summed E-state index contributed by atoms with van der Waals surface area (Å²) >= 11 is 0. The Balaban J connectivity index is 0.00000420. The van der Waals surface area contributed by atoms with Crippen molar-refractivity contribution >= 4 is 18.4 Å². The van der Waals surface area contributed by atoms with E-state index in [1.54, 1.807) is 0 Å². The lowest BCUT2D eigenvalue weighted by atomic mass is 9.72. The lowest BCUT2D eigenvalue weighted by Crippen LogP contribution is -2.44. The van der Waals surface area contributed by atoms with E-state index in [0.29, 0.717) is 13.0 Å². The SMILES string of the molecule is CCOC(=O)C(C)(C)c1ccc(C(O)CCN2CCC(C(O)(c3ccccc3)c3ccccc3)CC2)cc1.Cl. The Morgan fingerprint density at radius 1 is 0.897 bits per heavy atom. The number of hydrogen-bond acceptors (Lipinski definition) is 5. The van der Waals surface area contributed by atoms with Crippen LogP contribution in [0.15, 0.2) is 84.9 Å². The molecule has 2 N–H and O–H groups in total. The van der Waals surface area contributed by atoms with Crippen molar-refractivity contribution in [3.05, 3.63) is 107 Å². The van der Waals surface area contributed by atoms with Crippen LogP contribution in [0.3, 0.4) is 0 Å². The molecule has 0 spiro atoms. The number of rotatable bonds is 10. The summed E-state index contributed by atoms with van der Waals surface area (Å²) in [5.41, 5.74) is 1.85. The molecular formula is C33H42ClNO4. The van der Waals surface area contributed by atoms with Crippen molar-refractivity contribution in [2.45, 2.75) is 57.2 Å². The third-order valence-electron chi connectivity index (χ3n) is 8.13. The number of aliphatic hydroxyl groups is 2. The molecule has 6 heteroatoms. The van der Waals surface area contributed by atoms with Crippen molar-refractivity contribution < 1.29 is 19.7 Å². The van der Waals surface area contributed by atoms with Crippen LogP contribution in [-0.4, -0.2) is 47.3 Å². The van der Waals surface area contributed by atoms with Crippen LogP contribution in [0.4, 0.5) is 0 Å². The molecule has 1 atom stereocenters. The lowest BCUT2D eigenvalue weighted by molar-refractivity contribution is -0.148. The number of esters is 1. The molecule has 1 unspecified atom stereocenters. The largest absolute Gasteiger partial charge is 0.465 e. The topological polar surface area (TPSA) is 70.0 Å². The number of halogens is 1. The monoisotopic (exact) mass is 551 g/mol. The number of aliphatic hydroxyl groups excluding tert-OH is 1. The summed E-state index contributed by atoms with van der Waals surface area (Å²) in [6.07, 6.45) is 1.83. The van der Waals surface area contributed by atoms with Gasteiger partial charge < -0.3 is 19.8 Å².